The maximum Gasteiger partial charge on any atom is 0.254 e. The molecule has 25 heavy (non-hydrogen) atoms. The molecule has 1 N–H and O–H groups in total. The van der Waals surface area contributed by atoms with Gasteiger partial charge in [0, 0.05) is 44.6 Å². The summed E-state index contributed by atoms with van der Waals surface area (Å²) in [7, 11) is 0. The van der Waals surface area contributed by atoms with E-state index in [0.29, 0.717) is 37.1 Å². The molecule has 1 aromatic rings. The summed E-state index contributed by atoms with van der Waals surface area (Å²) in [5.41, 5.74) is 0.746. The molecule has 2 rings (SSSR count). The lowest BCUT2D eigenvalue weighted by Gasteiger charge is -2.22. The van der Waals surface area contributed by atoms with Crippen molar-refractivity contribution in [2.24, 2.45) is 0 Å². The molecule has 6 nitrogen and oxygen atoms in total. The summed E-state index contributed by atoms with van der Waals surface area (Å²) >= 11 is 0. The third kappa shape index (κ3) is 5.00. The Labute approximate surface area is 146 Å². The van der Waals surface area contributed by atoms with Gasteiger partial charge in [-0.3, -0.25) is 9.59 Å². The zero-order chi connectivity index (χ0) is 18.4. The summed E-state index contributed by atoms with van der Waals surface area (Å²) in [6.07, 6.45) is 0.217. The van der Waals surface area contributed by atoms with E-state index < -0.39 is 6.10 Å². The van der Waals surface area contributed by atoms with Crippen molar-refractivity contribution in [3.05, 3.63) is 35.1 Å². The fourth-order valence-corrected chi connectivity index (χ4v) is 2.84. The van der Waals surface area contributed by atoms with Gasteiger partial charge in [0.15, 0.2) is 0 Å². The van der Waals surface area contributed by atoms with Gasteiger partial charge >= 0.3 is 0 Å². The minimum Gasteiger partial charge on any atom is -0.389 e. The van der Waals surface area contributed by atoms with Gasteiger partial charge in [0.2, 0.25) is 5.91 Å². The van der Waals surface area contributed by atoms with Crippen LogP contribution in [0.3, 0.4) is 0 Å². The van der Waals surface area contributed by atoms with Crippen LogP contribution in [-0.4, -0.2) is 59.0 Å². The quantitative estimate of drug-likeness (QED) is 0.836. The molecule has 0 saturated carbocycles. The summed E-state index contributed by atoms with van der Waals surface area (Å²) in [6.45, 7) is 2.50. The Kier molecular flexibility index (Phi) is 6.48. The van der Waals surface area contributed by atoms with Crippen molar-refractivity contribution in [2.75, 3.05) is 26.2 Å². The summed E-state index contributed by atoms with van der Waals surface area (Å²) in [5.74, 6) is -0.788. The highest BCUT2D eigenvalue weighted by Crippen LogP contribution is 2.14. The summed E-state index contributed by atoms with van der Waals surface area (Å²) in [6, 6.07) is 6.16. The van der Waals surface area contributed by atoms with Gasteiger partial charge < -0.3 is 14.9 Å². The molecule has 0 radical (unpaired) electrons. The molecule has 2 amide bonds. The Balaban J connectivity index is 2.02. The van der Waals surface area contributed by atoms with Gasteiger partial charge in [0.05, 0.1) is 12.2 Å². The van der Waals surface area contributed by atoms with Crippen molar-refractivity contribution in [1.82, 2.24) is 9.80 Å². The average molecular weight is 347 g/mol. The fourth-order valence-electron chi connectivity index (χ4n) is 2.84. The standard InChI is InChI=1S/C18H22FN3O3/c1-13-10-14(5-6-16(13)19)18(25)22-9-8-21(11-15(23)12-22)17(24)4-2-3-7-20/h5-6,10,15,23H,2-4,8-9,11-12H2,1H3. The maximum absolute atomic E-state index is 13.4. The van der Waals surface area contributed by atoms with E-state index in [1.165, 1.54) is 28.0 Å². The molecule has 1 aliphatic heterocycles. The topological polar surface area (TPSA) is 84.6 Å². The zero-order valence-corrected chi connectivity index (χ0v) is 14.2. The van der Waals surface area contributed by atoms with Crippen molar-refractivity contribution in [1.29, 1.82) is 5.26 Å². The Morgan fingerprint density at radius 2 is 2.00 bits per heavy atom. The van der Waals surface area contributed by atoms with Crippen LogP contribution < -0.4 is 0 Å². The zero-order valence-electron chi connectivity index (χ0n) is 14.2. The second-order valence-electron chi connectivity index (χ2n) is 6.22. The summed E-state index contributed by atoms with van der Waals surface area (Å²) < 4.78 is 13.4. The number of carbonyl (C=O) groups excluding carboxylic acids is 2. The minimum absolute atomic E-state index is 0.122. The Morgan fingerprint density at radius 3 is 2.68 bits per heavy atom. The number of carbonyl (C=O) groups is 2. The van der Waals surface area contributed by atoms with Gasteiger partial charge in [0.25, 0.3) is 5.91 Å². The van der Waals surface area contributed by atoms with Crippen molar-refractivity contribution < 1.29 is 19.1 Å². The lowest BCUT2D eigenvalue weighted by Crippen LogP contribution is -2.37. The van der Waals surface area contributed by atoms with Gasteiger partial charge in [-0.25, -0.2) is 4.39 Å². The molecule has 7 heteroatoms. The molecular formula is C18H22FN3O3. The number of unbranched alkanes of at least 4 members (excludes halogenated alkanes) is 1. The minimum atomic E-state index is -0.840. The van der Waals surface area contributed by atoms with Crippen LogP contribution in [0.25, 0.3) is 0 Å². The van der Waals surface area contributed by atoms with E-state index in [1.54, 1.807) is 6.92 Å². The van der Waals surface area contributed by atoms with Crippen LogP contribution in [0.5, 0.6) is 0 Å². The van der Waals surface area contributed by atoms with Gasteiger partial charge in [-0.1, -0.05) is 0 Å². The van der Waals surface area contributed by atoms with Crippen LogP contribution in [0, 0.1) is 24.1 Å². The third-order valence-electron chi connectivity index (χ3n) is 4.23. The molecule has 1 fully saturated rings. The first-order valence-electron chi connectivity index (χ1n) is 8.30. The van der Waals surface area contributed by atoms with Crippen molar-refractivity contribution in [2.45, 2.75) is 32.3 Å². The largest absolute Gasteiger partial charge is 0.389 e. The molecule has 1 aliphatic rings. The predicted molar refractivity (Wildman–Crippen MR) is 89.1 cm³/mol. The van der Waals surface area contributed by atoms with Crippen LogP contribution in [0.15, 0.2) is 18.2 Å². The molecule has 0 bridgehead atoms. The fraction of sp³-hybridized carbons (Fsp3) is 0.500. The molecular weight excluding hydrogens is 325 g/mol. The number of aliphatic hydroxyl groups excluding tert-OH is 1. The number of halogens is 1. The van der Waals surface area contributed by atoms with Crippen molar-refractivity contribution in [3.8, 4) is 6.07 Å². The third-order valence-corrected chi connectivity index (χ3v) is 4.23. The van der Waals surface area contributed by atoms with E-state index in [0.717, 1.165) is 0 Å². The summed E-state index contributed by atoms with van der Waals surface area (Å²) in [4.78, 5) is 27.8. The molecule has 0 spiro atoms. The molecule has 134 valence electrons. The Hall–Kier alpha value is -2.46. The van der Waals surface area contributed by atoms with Gasteiger partial charge in [-0.05, 0) is 37.1 Å². The highest BCUT2D eigenvalue weighted by molar-refractivity contribution is 5.94. The number of aryl methyl sites for hydroxylation is 1. The second-order valence-corrected chi connectivity index (χ2v) is 6.22. The SMILES string of the molecule is Cc1cc(C(=O)N2CCN(C(=O)CCCC#N)CC(O)C2)ccc1F. The number of benzene rings is 1. The van der Waals surface area contributed by atoms with Gasteiger partial charge in [-0.15, -0.1) is 0 Å². The normalized spacial score (nSPS) is 17.8. The Bertz CT molecular complexity index is 687. The van der Waals surface area contributed by atoms with Crippen LogP contribution in [0.2, 0.25) is 0 Å². The van der Waals surface area contributed by atoms with Crippen LogP contribution >= 0.6 is 0 Å². The lowest BCUT2D eigenvalue weighted by molar-refractivity contribution is -0.132. The number of nitrogens with zero attached hydrogens (tertiary/aromatic N) is 3. The van der Waals surface area contributed by atoms with E-state index in [2.05, 4.69) is 0 Å². The molecule has 1 saturated heterocycles. The second kappa shape index (κ2) is 8.58. The molecule has 0 aromatic heterocycles. The lowest BCUT2D eigenvalue weighted by atomic mass is 10.1. The van der Waals surface area contributed by atoms with Crippen LogP contribution in [-0.2, 0) is 4.79 Å². The number of hydrogen-bond acceptors (Lipinski definition) is 4. The van der Waals surface area contributed by atoms with Crippen LogP contribution in [0.1, 0.15) is 35.2 Å². The molecule has 1 atom stereocenters. The first-order chi connectivity index (χ1) is 11.9. The maximum atomic E-state index is 13.4. The van der Waals surface area contributed by atoms with E-state index in [9.17, 15) is 19.1 Å². The first kappa shape index (κ1) is 18.9. The number of amides is 2. The monoisotopic (exact) mass is 347 g/mol. The molecule has 1 unspecified atom stereocenters. The van der Waals surface area contributed by atoms with E-state index >= 15 is 0 Å². The smallest absolute Gasteiger partial charge is 0.254 e. The number of aliphatic hydroxyl groups is 1. The average Bonchev–Trinajstić information content (AvgIpc) is 2.78. The molecule has 1 heterocycles. The number of hydrogen-bond donors (Lipinski definition) is 1. The number of rotatable bonds is 4. The molecule has 1 aromatic carbocycles. The van der Waals surface area contributed by atoms with Crippen molar-refractivity contribution in [3.63, 3.8) is 0 Å². The van der Waals surface area contributed by atoms with Crippen LogP contribution in [0.4, 0.5) is 4.39 Å². The predicted octanol–water partition coefficient (Wildman–Crippen LogP) is 1.47. The van der Waals surface area contributed by atoms with Crippen molar-refractivity contribution >= 4 is 11.8 Å². The van der Waals surface area contributed by atoms with Gasteiger partial charge in [-0.2, -0.15) is 5.26 Å². The number of β-amino-alcohol motifs (C(OH)–C–C–N with tert-alkyl or cyclic N) is 1. The van der Waals surface area contributed by atoms with Gasteiger partial charge in [0.1, 0.15) is 5.82 Å². The van der Waals surface area contributed by atoms with E-state index in [1.807, 2.05) is 6.07 Å². The van der Waals surface area contributed by atoms with E-state index in [-0.39, 0.29) is 37.1 Å². The Morgan fingerprint density at radius 1 is 1.32 bits per heavy atom. The van der Waals surface area contributed by atoms with E-state index in [4.69, 9.17) is 5.26 Å². The summed E-state index contributed by atoms with van der Waals surface area (Å²) in [5, 5.41) is 18.7. The first-order valence-corrected chi connectivity index (χ1v) is 8.30. The molecule has 0 aliphatic carbocycles. The highest BCUT2D eigenvalue weighted by atomic mass is 19.1. The highest BCUT2D eigenvalue weighted by Gasteiger charge is 2.27. The number of nitriles is 1.